The van der Waals surface area contributed by atoms with Crippen LogP contribution in [0.2, 0.25) is 0 Å². The number of aliphatic hydroxyl groups is 2. The van der Waals surface area contributed by atoms with Gasteiger partial charge in [-0.05, 0) is 180 Å². The monoisotopic (exact) mass is 1830 g/mol. The number of anilines is 3. The summed E-state index contributed by atoms with van der Waals surface area (Å²) >= 11 is 1.87. The standard InChI is InChI=1S/C55H39N3.C40H24N2S.C16H11N2.C5H12O2.Ir/c1-55(2)50-22-11-10-19-46(50)47-32-31-43(34-51(47)55)58(41-27-23-37(24-28-41)36-13-4-3-5-14-36)42-29-25-38(26-30-42)39-15-12-16-40(33-39)52-35-56-53-48-20-8-6-17-44(48)45-18-7-9-21-49(45)54(53)57-52;1-3-17-33-30(14-1)31-15-2-4-18-34(31)39-38(33)41-24-36(42-39)28-13-8-11-26(23-28)25-10-7-12-27(22-25)29-19-9-20-35-32-16-5-6-21-37(32)43-40(29)35;1-3-7-13(8-4-1)15-11-16(18-12-17-15)14-9-5-2-6-10-14;1-4(6)3-5(2)7;/h3-35H,1-2H3;1-24H;1-9,11-12H;4-7H,3H2,1-2H3;/q;;-1;;. The third-order valence-corrected chi connectivity index (χ3v) is 25.2. The summed E-state index contributed by atoms with van der Waals surface area (Å²) in [6.07, 6.45) is 5.16. The zero-order valence-corrected chi connectivity index (χ0v) is 73.6. The van der Waals surface area contributed by atoms with Crippen LogP contribution in [0, 0.1) is 6.07 Å². The van der Waals surface area contributed by atoms with E-state index in [0.29, 0.717) is 6.42 Å². The molecule has 613 valence electrons. The molecule has 0 bridgehead atoms. The van der Waals surface area contributed by atoms with Crippen LogP contribution in [-0.2, 0) is 25.5 Å². The summed E-state index contributed by atoms with van der Waals surface area (Å²) in [7, 11) is 0. The molecule has 11 heteroatoms. The van der Waals surface area contributed by atoms with Gasteiger partial charge in [0.15, 0.2) is 0 Å². The van der Waals surface area contributed by atoms with Crippen molar-refractivity contribution in [1.82, 2.24) is 29.9 Å². The van der Waals surface area contributed by atoms with Gasteiger partial charge in [0.2, 0.25) is 0 Å². The van der Waals surface area contributed by atoms with E-state index in [4.69, 9.17) is 30.1 Å². The molecule has 22 aromatic rings. The van der Waals surface area contributed by atoms with Gasteiger partial charge in [-0.3, -0.25) is 15.0 Å². The zero-order chi connectivity index (χ0) is 85.2. The van der Waals surface area contributed by atoms with Crippen molar-refractivity contribution in [2.75, 3.05) is 4.90 Å². The molecule has 4 heterocycles. The molecule has 9 nitrogen and oxygen atoms in total. The van der Waals surface area contributed by atoms with Crippen molar-refractivity contribution in [2.45, 2.75) is 51.7 Å². The van der Waals surface area contributed by atoms with E-state index in [-0.39, 0.29) is 37.7 Å². The van der Waals surface area contributed by atoms with E-state index in [9.17, 15) is 0 Å². The number of hydrogen-bond acceptors (Lipinski definition) is 10. The fraction of sp³-hybridized carbons (Fsp3) is 0.0690. The molecule has 0 spiro atoms. The van der Waals surface area contributed by atoms with E-state index in [1.165, 1.54) is 91.8 Å². The first-order valence-corrected chi connectivity index (χ1v) is 43.6. The number of fused-ring (bicyclic) bond motifs is 18. The average molecular weight is 1830 g/mol. The average Bonchev–Trinajstić information content (AvgIpc) is 1.36. The quantitative estimate of drug-likeness (QED) is 0.0859. The molecular weight excluding hydrogens is 1750 g/mol. The summed E-state index contributed by atoms with van der Waals surface area (Å²) in [5.41, 5.74) is 29.6. The van der Waals surface area contributed by atoms with Crippen LogP contribution in [0.25, 0.3) is 186 Å². The Balaban J connectivity index is 0.000000132. The van der Waals surface area contributed by atoms with Crippen LogP contribution < -0.4 is 4.90 Å². The Morgan fingerprint density at radius 2 is 0.709 bits per heavy atom. The molecule has 0 fully saturated rings. The first kappa shape index (κ1) is 82.0. The topological polar surface area (TPSA) is 121 Å². The smallest absolute Gasteiger partial charge is 0.106 e. The third kappa shape index (κ3) is 16.5. The Hall–Kier alpha value is -14.7. The molecule has 1 aliphatic rings. The van der Waals surface area contributed by atoms with Gasteiger partial charge < -0.3 is 15.1 Å². The van der Waals surface area contributed by atoms with Crippen LogP contribution in [0.5, 0.6) is 0 Å². The Labute approximate surface area is 755 Å². The van der Waals surface area contributed by atoms with Crippen molar-refractivity contribution in [3.05, 3.63) is 430 Å². The maximum atomic E-state index is 8.56. The van der Waals surface area contributed by atoms with Crippen LogP contribution in [0.15, 0.2) is 413 Å². The molecule has 23 rings (SSSR count). The van der Waals surface area contributed by atoms with Gasteiger partial charge in [-0.2, -0.15) is 0 Å². The summed E-state index contributed by atoms with van der Waals surface area (Å²) in [6.45, 7) is 8.01. The fourth-order valence-corrected chi connectivity index (χ4v) is 19.2. The number of aliphatic hydroxyl groups excluding tert-OH is 2. The summed E-state index contributed by atoms with van der Waals surface area (Å²) in [5.74, 6) is 0. The molecular formula is C116H86IrN7O2S-. The van der Waals surface area contributed by atoms with Crippen molar-refractivity contribution < 1.29 is 30.3 Å². The second kappa shape index (κ2) is 35.9. The van der Waals surface area contributed by atoms with E-state index in [2.05, 4.69) is 368 Å². The van der Waals surface area contributed by atoms with E-state index >= 15 is 0 Å². The predicted octanol–water partition coefficient (Wildman–Crippen LogP) is 29.8. The van der Waals surface area contributed by atoms with E-state index in [0.717, 1.165) is 122 Å². The molecule has 2 atom stereocenters. The largest absolute Gasteiger partial charge is 0.393 e. The van der Waals surface area contributed by atoms with Gasteiger partial charge in [-0.1, -0.05) is 323 Å². The van der Waals surface area contributed by atoms with E-state index in [1.807, 2.05) is 84.4 Å². The SMILES string of the molecule is CC(O)CC(C)O.CC1(C)c2ccccc2-c2ccc(N(c3ccc(-c4ccccc4)cc3)c3ccc(-c4cccc(-c5cnc6c7ccccc7c7ccccc7c6n5)c4)cc3)cc21.[Ir].[c-]1ccccc1-c1cc(-c2ccccc2)ncn1.c1cc(-c2cccc(-c3cccc4c3sc3ccccc34)c2)cc(-c2cnc3c4ccccc4c4ccccc4c3n2)c1. The molecule has 0 aliphatic heterocycles. The number of nitrogens with zero attached hydrogens (tertiary/aromatic N) is 7. The maximum absolute atomic E-state index is 8.56. The first-order chi connectivity index (χ1) is 61.9. The Morgan fingerprint density at radius 3 is 1.25 bits per heavy atom. The second-order valence-corrected chi connectivity index (χ2v) is 33.7. The minimum atomic E-state index is -0.375. The number of thiophene rings is 1. The normalized spacial score (nSPS) is 12.3. The Morgan fingerprint density at radius 1 is 0.307 bits per heavy atom. The number of aromatic nitrogens is 6. The molecule has 4 aromatic heterocycles. The van der Waals surface area contributed by atoms with Crippen LogP contribution in [0.1, 0.15) is 45.2 Å². The van der Waals surface area contributed by atoms with Gasteiger partial charge >= 0.3 is 0 Å². The molecule has 127 heavy (non-hydrogen) atoms. The summed E-state index contributed by atoms with van der Waals surface area (Å²) in [6, 6.07) is 143. The Bertz CT molecular complexity index is 7670. The van der Waals surface area contributed by atoms with E-state index < -0.39 is 0 Å². The van der Waals surface area contributed by atoms with E-state index in [1.54, 1.807) is 20.2 Å². The summed E-state index contributed by atoms with van der Waals surface area (Å²) < 4.78 is 2.66. The number of hydrogen-bond donors (Lipinski definition) is 2. The van der Waals surface area contributed by atoms with Crippen molar-refractivity contribution in [1.29, 1.82) is 0 Å². The summed E-state index contributed by atoms with van der Waals surface area (Å²) in [4.78, 5) is 31.5. The van der Waals surface area contributed by atoms with Gasteiger partial charge in [-0.15, -0.1) is 47.2 Å². The Kier molecular flexibility index (Phi) is 23.2. The van der Waals surface area contributed by atoms with Crippen molar-refractivity contribution in [2.24, 2.45) is 0 Å². The molecule has 0 saturated carbocycles. The molecule has 1 aliphatic carbocycles. The molecule has 0 amide bonds. The first-order valence-electron chi connectivity index (χ1n) is 42.7. The third-order valence-electron chi connectivity index (χ3n) is 24.0. The number of benzene rings is 18. The van der Waals surface area contributed by atoms with Gasteiger partial charge in [0, 0.05) is 95.4 Å². The zero-order valence-electron chi connectivity index (χ0n) is 70.4. The second-order valence-electron chi connectivity index (χ2n) is 32.7. The molecule has 18 aromatic carbocycles. The van der Waals surface area contributed by atoms with Crippen LogP contribution in [0.4, 0.5) is 17.1 Å². The number of rotatable bonds is 13. The minimum Gasteiger partial charge on any atom is -0.393 e. The van der Waals surface area contributed by atoms with Crippen LogP contribution >= 0.6 is 11.3 Å². The summed E-state index contributed by atoms with van der Waals surface area (Å²) in [5, 5.41) is 29.1. The van der Waals surface area contributed by atoms with Crippen LogP contribution in [0.3, 0.4) is 0 Å². The van der Waals surface area contributed by atoms with Gasteiger partial charge in [-0.25, -0.2) is 15.0 Å². The van der Waals surface area contributed by atoms with Crippen LogP contribution in [-0.4, -0.2) is 52.3 Å². The van der Waals surface area contributed by atoms with Gasteiger partial charge in [0.25, 0.3) is 0 Å². The van der Waals surface area contributed by atoms with Crippen molar-refractivity contribution in [3.8, 4) is 101 Å². The minimum absolute atomic E-state index is 0. The van der Waals surface area contributed by atoms with Crippen molar-refractivity contribution >= 4 is 114 Å². The molecule has 0 saturated heterocycles. The van der Waals surface area contributed by atoms with Crippen molar-refractivity contribution in [3.63, 3.8) is 0 Å². The predicted molar refractivity (Wildman–Crippen MR) is 527 cm³/mol. The molecule has 2 unspecified atom stereocenters. The maximum Gasteiger partial charge on any atom is 0.106 e. The molecule has 2 N–H and O–H groups in total. The molecule has 1 radical (unpaired) electrons. The van der Waals surface area contributed by atoms with Gasteiger partial charge in [0.1, 0.15) is 6.33 Å². The fourth-order valence-electron chi connectivity index (χ4n) is 17.9. The van der Waals surface area contributed by atoms with Gasteiger partial charge in [0.05, 0.1) is 63.8 Å².